The third-order valence-corrected chi connectivity index (χ3v) is 6.48. The predicted molar refractivity (Wildman–Crippen MR) is 151 cm³/mol. The summed E-state index contributed by atoms with van der Waals surface area (Å²) in [5.41, 5.74) is 1.74. The zero-order valence-electron chi connectivity index (χ0n) is 22.9. The summed E-state index contributed by atoms with van der Waals surface area (Å²) in [6.45, 7) is 10.1. The Morgan fingerprint density at radius 2 is 2.13 bits per heavy atom. The molecule has 1 unspecified atom stereocenters. The molecule has 0 bridgehead atoms. The number of hydrogen-bond acceptors (Lipinski definition) is 9. The molecular formula is C27H39N7O5. The Morgan fingerprint density at radius 3 is 2.74 bits per heavy atom. The fourth-order valence-corrected chi connectivity index (χ4v) is 4.58. The number of allylic oxidation sites excluding steroid dienone is 1. The molecule has 0 saturated carbocycles. The van der Waals surface area contributed by atoms with Crippen LogP contribution in [0.1, 0.15) is 30.9 Å². The fourth-order valence-electron chi connectivity index (χ4n) is 4.58. The Hall–Kier alpha value is -4.03. The number of H-pyrrole nitrogens is 1. The van der Waals surface area contributed by atoms with Crippen molar-refractivity contribution in [1.29, 1.82) is 0 Å². The number of nitrogens with zero attached hydrogens (tertiary/aromatic N) is 5. The third-order valence-electron chi connectivity index (χ3n) is 6.48. The highest BCUT2D eigenvalue weighted by molar-refractivity contribution is 6.10. The predicted octanol–water partition coefficient (Wildman–Crippen LogP) is 2.34. The SMILES string of the molecule is C=N/C(OC)=C(\C=N/CN1CC(CCO)(CCNCC)N(Cc2cccc(OC)c2)C1=O)c1cn[nH]c1.C=O. The first-order chi connectivity index (χ1) is 19.0. The van der Waals surface area contributed by atoms with E-state index in [1.807, 2.05) is 42.9 Å². The summed E-state index contributed by atoms with van der Waals surface area (Å²) in [6.07, 6.45) is 6.11. The monoisotopic (exact) mass is 541 g/mol. The first-order valence-electron chi connectivity index (χ1n) is 12.6. The van der Waals surface area contributed by atoms with Gasteiger partial charge in [-0.05, 0) is 50.3 Å². The van der Waals surface area contributed by atoms with Crippen LogP contribution in [0, 0.1) is 0 Å². The van der Waals surface area contributed by atoms with Crippen LogP contribution >= 0.6 is 0 Å². The van der Waals surface area contributed by atoms with E-state index in [9.17, 15) is 9.90 Å². The van der Waals surface area contributed by atoms with E-state index in [2.05, 4.69) is 32.2 Å². The summed E-state index contributed by atoms with van der Waals surface area (Å²) in [5.74, 6) is 1.03. The first-order valence-corrected chi connectivity index (χ1v) is 12.6. The zero-order valence-corrected chi connectivity index (χ0v) is 22.9. The van der Waals surface area contributed by atoms with Crippen molar-refractivity contribution in [3.05, 3.63) is 53.7 Å². The van der Waals surface area contributed by atoms with Gasteiger partial charge < -0.3 is 34.5 Å². The summed E-state index contributed by atoms with van der Waals surface area (Å²) in [6, 6.07) is 7.56. The normalized spacial score (nSPS) is 17.6. The number of amides is 2. The van der Waals surface area contributed by atoms with E-state index in [4.69, 9.17) is 14.3 Å². The molecule has 2 aromatic rings. The molecule has 2 heterocycles. The molecule has 3 N–H and O–H groups in total. The van der Waals surface area contributed by atoms with E-state index in [1.54, 1.807) is 30.6 Å². The Kier molecular flexibility index (Phi) is 12.8. The maximum absolute atomic E-state index is 13.7. The summed E-state index contributed by atoms with van der Waals surface area (Å²) in [4.78, 5) is 33.8. The highest BCUT2D eigenvalue weighted by atomic mass is 16.5. The highest BCUT2D eigenvalue weighted by Gasteiger charge is 2.48. The van der Waals surface area contributed by atoms with Gasteiger partial charge in [-0.2, -0.15) is 5.10 Å². The van der Waals surface area contributed by atoms with E-state index >= 15 is 0 Å². The van der Waals surface area contributed by atoms with Gasteiger partial charge in [0.25, 0.3) is 0 Å². The second-order valence-electron chi connectivity index (χ2n) is 8.74. The molecule has 1 aromatic carbocycles. The summed E-state index contributed by atoms with van der Waals surface area (Å²) < 4.78 is 10.7. The van der Waals surface area contributed by atoms with Crippen LogP contribution in [0.5, 0.6) is 5.75 Å². The van der Waals surface area contributed by atoms with E-state index in [0.717, 1.165) is 30.0 Å². The van der Waals surface area contributed by atoms with Crippen molar-refractivity contribution in [1.82, 2.24) is 25.3 Å². The molecule has 0 radical (unpaired) electrons. The lowest BCUT2D eigenvalue weighted by Crippen LogP contribution is -2.49. The van der Waals surface area contributed by atoms with Crippen LogP contribution in [0.3, 0.4) is 0 Å². The number of hydrogen-bond donors (Lipinski definition) is 3. The van der Waals surface area contributed by atoms with Crippen molar-refractivity contribution in [3.8, 4) is 5.75 Å². The van der Waals surface area contributed by atoms with E-state index < -0.39 is 5.54 Å². The van der Waals surface area contributed by atoms with Gasteiger partial charge in [-0.3, -0.25) is 10.1 Å². The molecule has 1 saturated heterocycles. The molecule has 0 spiro atoms. The van der Waals surface area contributed by atoms with Gasteiger partial charge in [0.15, 0.2) is 0 Å². The summed E-state index contributed by atoms with van der Waals surface area (Å²) in [7, 11) is 3.13. The lowest BCUT2D eigenvalue weighted by atomic mass is 9.90. The standard InChI is InChI=1S/C26H37N7O4.CH2O/c1-5-28-11-9-26(10-12-34)18-32(25(35)33(26)17-20-7-6-8-22(13-20)36-3)19-29-16-23(24(27-2)37-4)21-14-30-31-15-21;1-2/h6-8,13-16,28,34H,2,5,9-12,17-19H2,1,3-4H3,(H,30,31);1H2/b24-23-,29-16-;. The molecular weight excluding hydrogens is 502 g/mol. The van der Waals surface area contributed by atoms with Gasteiger partial charge in [-0.1, -0.05) is 19.1 Å². The summed E-state index contributed by atoms with van der Waals surface area (Å²) in [5, 5.41) is 20.1. The average molecular weight is 542 g/mol. The number of benzene rings is 1. The lowest BCUT2D eigenvalue weighted by molar-refractivity contribution is -0.0980. The van der Waals surface area contributed by atoms with Crippen LogP contribution in [0.25, 0.3) is 5.57 Å². The molecule has 1 fully saturated rings. The van der Waals surface area contributed by atoms with Crippen molar-refractivity contribution < 1.29 is 24.2 Å². The number of aromatic amines is 1. The molecule has 39 heavy (non-hydrogen) atoms. The van der Waals surface area contributed by atoms with Crippen molar-refractivity contribution in [3.63, 3.8) is 0 Å². The van der Waals surface area contributed by atoms with Crippen molar-refractivity contribution in [2.45, 2.75) is 31.8 Å². The molecule has 2 amide bonds. The number of methoxy groups -OCH3 is 2. The minimum absolute atomic E-state index is 0.0271. The van der Waals surface area contributed by atoms with Gasteiger partial charge in [0.05, 0.1) is 31.5 Å². The van der Waals surface area contributed by atoms with Crippen LogP contribution in [0.15, 0.2) is 52.5 Å². The van der Waals surface area contributed by atoms with Gasteiger partial charge in [0, 0.05) is 37.7 Å². The Morgan fingerprint density at radius 1 is 1.33 bits per heavy atom. The van der Waals surface area contributed by atoms with Crippen LogP contribution in [-0.2, 0) is 16.1 Å². The molecule has 1 aromatic heterocycles. The van der Waals surface area contributed by atoms with Crippen molar-refractivity contribution in [2.24, 2.45) is 9.98 Å². The minimum Gasteiger partial charge on any atom is -0.497 e. The third kappa shape index (κ3) is 7.98. The number of aliphatic imine (C=N–C) groups is 2. The lowest BCUT2D eigenvalue weighted by Gasteiger charge is -2.37. The highest BCUT2D eigenvalue weighted by Crippen LogP contribution is 2.35. The largest absolute Gasteiger partial charge is 0.497 e. The molecule has 1 atom stereocenters. The van der Waals surface area contributed by atoms with Gasteiger partial charge in [0.1, 0.15) is 19.2 Å². The Balaban J connectivity index is 0.00000260. The van der Waals surface area contributed by atoms with Crippen LogP contribution < -0.4 is 10.1 Å². The van der Waals surface area contributed by atoms with Crippen LogP contribution in [0.4, 0.5) is 4.79 Å². The average Bonchev–Trinajstić information content (AvgIpc) is 3.58. The number of urea groups is 1. The van der Waals surface area contributed by atoms with E-state index in [1.165, 1.54) is 7.11 Å². The Bertz CT molecular complexity index is 1110. The number of aliphatic hydroxyl groups excluding tert-OH is 1. The Labute approximate surface area is 229 Å². The number of rotatable bonds is 15. The van der Waals surface area contributed by atoms with Gasteiger partial charge in [-0.25, -0.2) is 9.79 Å². The summed E-state index contributed by atoms with van der Waals surface area (Å²) >= 11 is 0. The first kappa shape index (κ1) is 31.2. The smallest absolute Gasteiger partial charge is 0.322 e. The van der Waals surface area contributed by atoms with Gasteiger partial charge in [-0.15, -0.1) is 0 Å². The number of aromatic nitrogens is 2. The van der Waals surface area contributed by atoms with E-state index in [0.29, 0.717) is 37.4 Å². The maximum Gasteiger partial charge on any atom is 0.322 e. The number of carbonyl (C=O) groups is 2. The molecule has 12 nitrogen and oxygen atoms in total. The van der Waals surface area contributed by atoms with Crippen molar-refractivity contribution >= 4 is 31.3 Å². The molecule has 12 heteroatoms. The number of ether oxygens (including phenoxy) is 2. The molecule has 0 aliphatic carbocycles. The quantitative estimate of drug-likeness (QED) is 0.178. The maximum atomic E-state index is 13.7. The van der Waals surface area contributed by atoms with Crippen molar-refractivity contribution in [2.75, 3.05) is 47.1 Å². The van der Waals surface area contributed by atoms with Crippen LogP contribution in [-0.4, -0.2) is 104 Å². The molecule has 212 valence electrons. The second-order valence-corrected chi connectivity index (χ2v) is 8.74. The fraction of sp³-hybridized carbons (Fsp3) is 0.444. The molecule has 1 aliphatic rings. The number of aliphatic hydroxyl groups is 1. The molecule has 1 aliphatic heterocycles. The van der Waals surface area contributed by atoms with E-state index in [-0.39, 0.29) is 19.3 Å². The number of carbonyl (C=O) groups excluding carboxylic acids is 2. The van der Waals surface area contributed by atoms with Gasteiger partial charge >= 0.3 is 6.03 Å². The molecule has 3 rings (SSSR count). The van der Waals surface area contributed by atoms with Crippen LogP contribution in [0.2, 0.25) is 0 Å². The van der Waals surface area contributed by atoms with Gasteiger partial charge in [0.2, 0.25) is 5.88 Å². The minimum atomic E-state index is -0.545. The topological polar surface area (TPSA) is 145 Å². The zero-order chi connectivity index (χ0) is 28.7. The number of nitrogens with one attached hydrogen (secondary N) is 2. The second kappa shape index (κ2) is 16.0.